The molecular formula is C27H28BrNO5. The van der Waals surface area contributed by atoms with Crippen LogP contribution in [0, 0.1) is 5.41 Å². The topological polar surface area (TPSA) is 72.9 Å². The van der Waals surface area contributed by atoms with E-state index in [-0.39, 0.29) is 17.8 Å². The summed E-state index contributed by atoms with van der Waals surface area (Å²) in [5.74, 6) is -0.794. The van der Waals surface area contributed by atoms with Gasteiger partial charge in [0.2, 0.25) is 0 Å². The summed E-state index contributed by atoms with van der Waals surface area (Å²) < 4.78 is 12.0. The standard InChI is InChI=1S/C27H28BrNO5/c1-26(2,3)34-25(32)29-15-27(8-9-27)13-22(29)24(31)33-14-23(30)16-4-6-20-17(10-16)11-18-12-19(28)5-7-21(18)20/h4-7,10,12,22H,8-9,11,13-15H2,1-3H3. The molecular weight excluding hydrogens is 498 g/mol. The second kappa shape index (κ2) is 8.22. The first-order valence-corrected chi connectivity index (χ1v) is 12.4. The highest BCUT2D eigenvalue weighted by Gasteiger charge is 2.56. The van der Waals surface area contributed by atoms with Gasteiger partial charge in [-0.15, -0.1) is 0 Å². The maximum Gasteiger partial charge on any atom is 0.411 e. The zero-order valence-corrected chi connectivity index (χ0v) is 21.2. The highest BCUT2D eigenvalue weighted by atomic mass is 79.9. The molecule has 34 heavy (non-hydrogen) atoms. The molecule has 2 aromatic carbocycles. The highest BCUT2D eigenvalue weighted by molar-refractivity contribution is 9.10. The Morgan fingerprint density at radius 1 is 1.06 bits per heavy atom. The lowest BCUT2D eigenvalue weighted by atomic mass is 10.0. The zero-order valence-electron chi connectivity index (χ0n) is 19.7. The second-order valence-electron chi connectivity index (χ2n) is 10.7. The maximum atomic E-state index is 12.9. The number of rotatable bonds is 4. The first kappa shape index (κ1) is 23.1. The molecule has 1 heterocycles. The minimum Gasteiger partial charge on any atom is -0.456 e. The fourth-order valence-corrected chi connectivity index (χ4v) is 5.40. The van der Waals surface area contributed by atoms with Crippen LogP contribution >= 0.6 is 15.9 Å². The number of amides is 1. The molecule has 1 amide bonds. The Bertz CT molecular complexity index is 1190. The molecule has 1 saturated heterocycles. The number of halogens is 1. The monoisotopic (exact) mass is 525 g/mol. The molecule has 0 N–H and O–H groups in total. The average Bonchev–Trinajstić information content (AvgIpc) is 3.25. The summed E-state index contributed by atoms with van der Waals surface area (Å²) in [6, 6.07) is 11.1. The lowest BCUT2D eigenvalue weighted by Crippen LogP contribution is -2.44. The van der Waals surface area contributed by atoms with Crippen molar-refractivity contribution in [3.63, 3.8) is 0 Å². The van der Waals surface area contributed by atoms with Gasteiger partial charge in [-0.3, -0.25) is 9.69 Å². The van der Waals surface area contributed by atoms with Crippen LogP contribution in [0.15, 0.2) is 40.9 Å². The normalized spacial score (nSPS) is 19.5. The summed E-state index contributed by atoms with van der Waals surface area (Å²) in [6.45, 7) is 5.55. The SMILES string of the molecule is CC(C)(C)OC(=O)N1CC2(CC2)CC1C(=O)OCC(=O)c1ccc2c(c1)Cc1cc(Br)ccc1-2. The minimum absolute atomic E-state index is 0.00537. The van der Waals surface area contributed by atoms with Gasteiger partial charge >= 0.3 is 12.1 Å². The van der Waals surface area contributed by atoms with Gasteiger partial charge in [-0.2, -0.15) is 0 Å². The molecule has 0 bridgehead atoms. The van der Waals surface area contributed by atoms with Crippen molar-refractivity contribution in [1.82, 2.24) is 4.90 Å². The van der Waals surface area contributed by atoms with Gasteiger partial charge in [-0.1, -0.05) is 34.1 Å². The number of carbonyl (C=O) groups excluding carboxylic acids is 3. The number of benzene rings is 2. The van der Waals surface area contributed by atoms with E-state index >= 15 is 0 Å². The maximum absolute atomic E-state index is 12.9. The average molecular weight is 526 g/mol. The molecule has 6 nitrogen and oxygen atoms in total. The van der Waals surface area contributed by atoms with Gasteiger partial charge in [0.15, 0.2) is 12.4 Å². The summed E-state index contributed by atoms with van der Waals surface area (Å²) in [5.41, 5.74) is 4.49. The molecule has 7 heteroatoms. The first-order valence-electron chi connectivity index (χ1n) is 11.6. The number of fused-ring (bicyclic) bond motifs is 3. The molecule has 1 unspecified atom stereocenters. The van der Waals surface area contributed by atoms with E-state index in [1.54, 1.807) is 26.8 Å². The van der Waals surface area contributed by atoms with Crippen LogP contribution in [-0.2, 0) is 20.7 Å². The predicted octanol–water partition coefficient (Wildman–Crippen LogP) is 5.54. The molecule has 5 rings (SSSR count). The van der Waals surface area contributed by atoms with Crippen LogP contribution in [0.3, 0.4) is 0 Å². The van der Waals surface area contributed by atoms with Crippen molar-refractivity contribution in [3.05, 3.63) is 57.6 Å². The third-order valence-electron chi connectivity index (χ3n) is 6.88. The number of esters is 1. The summed E-state index contributed by atoms with van der Waals surface area (Å²) in [4.78, 5) is 39.9. The number of likely N-dealkylation sites (tertiary alicyclic amines) is 1. The number of ether oxygens (including phenoxy) is 2. The van der Waals surface area contributed by atoms with Crippen molar-refractivity contribution in [1.29, 1.82) is 0 Å². The highest BCUT2D eigenvalue weighted by Crippen LogP contribution is 2.55. The summed E-state index contributed by atoms with van der Waals surface area (Å²) in [5, 5.41) is 0. The van der Waals surface area contributed by atoms with Gasteiger partial charge in [-0.25, -0.2) is 9.59 Å². The van der Waals surface area contributed by atoms with Crippen molar-refractivity contribution in [3.8, 4) is 11.1 Å². The van der Waals surface area contributed by atoms with Crippen LogP contribution in [0.25, 0.3) is 11.1 Å². The number of hydrogen-bond donors (Lipinski definition) is 0. The number of nitrogens with zero attached hydrogens (tertiary/aromatic N) is 1. The molecule has 1 atom stereocenters. The molecule has 1 aliphatic heterocycles. The largest absolute Gasteiger partial charge is 0.456 e. The number of Topliss-reactive ketones (excluding diaryl/α,β-unsaturated/α-hetero) is 1. The van der Waals surface area contributed by atoms with Crippen molar-refractivity contribution in [2.75, 3.05) is 13.2 Å². The summed E-state index contributed by atoms with van der Waals surface area (Å²) in [7, 11) is 0. The van der Waals surface area contributed by atoms with Crippen LogP contribution in [0.2, 0.25) is 0 Å². The Morgan fingerprint density at radius 2 is 1.74 bits per heavy atom. The van der Waals surface area contributed by atoms with Crippen LogP contribution in [0.4, 0.5) is 4.79 Å². The number of carbonyl (C=O) groups is 3. The second-order valence-corrected chi connectivity index (χ2v) is 11.6. The van der Waals surface area contributed by atoms with E-state index in [2.05, 4.69) is 28.1 Å². The van der Waals surface area contributed by atoms with E-state index in [0.717, 1.165) is 34.9 Å². The number of hydrogen-bond acceptors (Lipinski definition) is 5. The van der Waals surface area contributed by atoms with Crippen molar-refractivity contribution < 1.29 is 23.9 Å². The molecule has 178 valence electrons. The van der Waals surface area contributed by atoms with Crippen LogP contribution < -0.4 is 0 Å². The molecule has 1 saturated carbocycles. The Hall–Kier alpha value is -2.67. The summed E-state index contributed by atoms with van der Waals surface area (Å²) >= 11 is 3.51. The molecule has 0 aromatic heterocycles. The quantitative estimate of drug-likeness (QED) is 0.330. The van der Waals surface area contributed by atoms with E-state index in [0.29, 0.717) is 18.5 Å². The van der Waals surface area contributed by atoms with Crippen molar-refractivity contribution in [2.24, 2.45) is 5.41 Å². The van der Waals surface area contributed by atoms with E-state index in [1.807, 2.05) is 18.2 Å². The molecule has 2 aromatic rings. The molecule has 2 aliphatic carbocycles. The van der Waals surface area contributed by atoms with Gasteiger partial charge in [0.1, 0.15) is 11.6 Å². The summed E-state index contributed by atoms with van der Waals surface area (Å²) in [6.07, 6.45) is 2.80. The van der Waals surface area contributed by atoms with Crippen LogP contribution in [-0.4, -0.2) is 47.5 Å². The smallest absolute Gasteiger partial charge is 0.411 e. The Balaban J connectivity index is 1.24. The van der Waals surface area contributed by atoms with Gasteiger partial charge in [0.25, 0.3) is 0 Å². The third-order valence-corrected chi connectivity index (χ3v) is 7.37. The lowest BCUT2D eigenvalue weighted by Gasteiger charge is -2.27. The van der Waals surface area contributed by atoms with Gasteiger partial charge < -0.3 is 9.47 Å². The van der Waals surface area contributed by atoms with Crippen LogP contribution in [0.5, 0.6) is 0 Å². The predicted molar refractivity (Wildman–Crippen MR) is 131 cm³/mol. The third kappa shape index (κ3) is 4.50. The van der Waals surface area contributed by atoms with Gasteiger partial charge in [-0.05, 0) is 92.3 Å². The van der Waals surface area contributed by atoms with E-state index in [9.17, 15) is 14.4 Å². The molecule has 1 spiro atoms. The fourth-order valence-electron chi connectivity index (χ4n) is 4.99. The van der Waals surface area contributed by atoms with E-state index in [1.165, 1.54) is 16.0 Å². The molecule has 3 aliphatic rings. The first-order chi connectivity index (χ1) is 16.0. The Kier molecular flexibility index (Phi) is 5.58. The molecule has 2 fully saturated rings. The van der Waals surface area contributed by atoms with Gasteiger partial charge in [0.05, 0.1) is 0 Å². The van der Waals surface area contributed by atoms with E-state index < -0.39 is 23.7 Å². The van der Waals surface area contributed by atoms with Crippen molar-refractivity contribution >= 4 is 33.8 Å². The fraction of sp³-hybridized carbons (Fsp3) is 0.444. The van der Waals surface area contributed by atoms with Crippen LogP contribution in [0.1, 0.15) is 61.5 Å². The minimum atomic E-state index is -0.710. The molecule has 0 radical (unpaired) electrons. The number of ketones is 1. The Labute approximate surface area is 207 Å². The van der Waals surface area contributed by atoms with E-state index in [4.69, 9.17) is 9.47 Å². The zero-order chi connectivity index (χ0) is 24.3. The van der Waals surface area contributed by atoms with Crippen molar-refractivity contribution in [2.45, 2.75) is 58.1 Å². The lowest BCUT2D eigenvalue weighted by molar-refractivity contribution is -0.147. The van der Waals surface area contributed by atoms with Gasteiger partial charge in [0, 0.05) is 16.6 Å². The Morgan fingerprint density at radius 3 is 2.41 bits per heavy atom.